The van der Waals surface area contributed by atoms with Gasteiger partial charge in [0, 0.05) is 50.0 Å². The van der Waals surface area contributed by atoms with Gasteiger partial charge in [-0.25, -0.2) is 0 Å². The molecule has 11 nitrogen and oxygen atoms in total. The van der Waals surface area contributed by atoms with Crippen molar-refractivity contribution in [1.82, 2.24) is 20.9 Å². The number of nitrogens with zero attached hydrogens (tertiary/aromatic N) is 1. The summed E-state index contributed by atoms with van der Waals surface area (Å²) in [5.41, 5.74) is 5.32. The zero-order chi connectivity index (χ0) is 41.4. The molecule has 1 aromatic heterocycles. The minimum atomic E-state index is -1.12. The van der Waals surface area contributed by atoms with Gasteiger partial charge < -0.3 is 25.8 Å². The van der Waals surface area contributed by atoms with E-state index in [4.69, 9.17) is 4.74 Å². The molecule has 0 saturated carbocycles. The molecule has 0 saturated heterocycles. The molecule has 3 amide bonds. The summed E-state index contributed by atoms with van der Waals surface area (Å²) in [7, 11) is 0. The molecule has 11 heteroatoms. The van der Waals surface area contributed by atoms with Gasteiger partial charge in [0.15, 0.2) is 11.6 Å². The van der Waals surface area contributed by atoms with Crippen molar-refractivity contribution < 1.29 is 33.8 Å². The molecule has 304 valence electrons. The number of benzene rings is 4. The Hall–Kier alpha value is -6.46. The van der Waals surface area contributed by atoms with Crippen LogP contribution < -0.4 is 20.7 Å². The van der Waals surface area contributed by atoms with E-state index in [1.807, 2.05) is 84.9 Å². The number of hydrogen-bond acceptors (Lipinski definition) is 8. The largest absolute Gasteiger partial charge is 0.486 e. The maximum atomic E-state index is 14.5. The molecule has 4 N–H and O–H groups in total. The van der Waals surface area contributed by atoms with Gasteiger partial charge in [-0.2, -0.15) is 0 Å². The lowest BCUT2D eigenvalue weighted by atomic mass is 9.89. The Labute approximate surface area is 344 Å². The lowest BCUT2D eigenvalue weighted by Gasteiger charge is -2.26. The number of fused-ring (bicyclic) bond motifs is 16. The van der Waals surface area contributed by atoms with E-state index < -0.39 is 41.6 Å². The monoisotopic (exact) mass is 794 g/mol. The molecule has 4 atom stereocenters. The predicted molar refractivity (Wildman–Crippen MR) is 224 cm³/mol. The first-order valence-corrected chi connectivity index (χ1v) is 20.1. The molecule has 2 aliphatic rings. The summed E-state index contributed by atoms with van der Waals surface area (Å²) in [6, 6.07) is 35.6. The summed E-state index contributed by atoms with van der Waals surface area (Å²) in [4.78, 5) is 74.2. The van der Waals surface area contributed by atoms with Gasteiger partial charge in [-0.05, 0) is 83.3 Å². The molecule has 3 heterocycles. The number of amides is 3. The van der Waals surface area contributed by atoms with Crippen molar-refractivity contribution in [3.05, 3.63) is 156 Å². The third kappa shape index (κ3) is 12.8. The van der Waals surface area contributed by atoms with E-state index in [2.05, 4.69) is 20.9 Å². The Morgan fingerprint density at radius 2 is 1.32 bits per heavy atom. The first-order valence-electron chi connectivity index (χ1n) is 20.1. The molecule has 7 rings (SSSR count). The lowest BCUT2D eigenvalue weighted by Crippen LogP contribution is -2.54. The number of rotatable bonds is 11. The van der Waals surface area contributed by atoms with E-state index in [9.17, 15) is 29.1 Å². The molecule has 59 heavy (non-hydrogen) atoms. The molecule has 0 fully saturated rings. The predicted octanol–water partition coefficient (Wildman–Crippen LogP) is 5.03. The van der Waals surface area contributed by atoms with Gasteiger partial charge in [-0.15, -0.1) is 0 Å². The number of aryl methyl sites for hydroxylation is 1. The third-order valence-corrected chi connectivity index (χ3v) is 10.5. The molecule has 0 spiro atoms. The number of ether oxygens (including phenoxy) is 1. The number of hydrogen-bond donors (Lipinski definition) is 4. The Balaban J connectivity index is 1.34. The van der Waals surface area contributed by atoms with Crippen molar-refractivity contribution in [2.24, 2.45) is 11.8 Å². The minimum absolute atomic E-state index is 0.0222. The topological polar surface area (TPSA) is 164 Å². The highest BCUT2D eigenvalue weighted by Gasteiger charge is 2.32. The number of carbonyl (C=O) groups is 5. The minimum Gasteiger partial charge on any atom is -0.486 e. The van der Waals surface area contributed by atoms with Crippen LogP contribution in [0.2, 0.25) is 0 Å². The Morgan fingerprint density at radius 3 is 2.02 bits per heavy atom. The normalized spacial score (nSPS) is 19.3. The van der Waals surface area contributed by atoms with Gasteiger partial charge in [0.2, 0.25) is 17.7 Å². The maximum Gasteiger partial charge on any atom is 0.243 e. The van der Waals surface area contributed by atoms with E-state index in [-0.39, 0.29) is 69.8 Å². The van der Waals surface area contributed by atoms with Crippen molar-refractivity contribution in [2.75, 3.05) is 19.8 Å². The smallest absolute Gasteiger partial charge is 0.243 e. The number of ketones is 2. The number of aromatic nitrogens is 1. The highest BCUT2D eigenvalue weighted by atomic mass is 16.5. The highest BCUT2D eigenvalue weighted by molar-refractivity contribution is 5.96. The number of nitrogens with one attached hydrogen (secondary N) is 3. The lowest BCUT2D eigenvalue weighted by molar-refractivity contribution is -0.135. The number of aliphatic hydroxyl groups excluding tert-OH is 1. The summed E-state index contributed by atoms with van der Waals surface area (Å²) in [6.45, 7) is -0.520. The van der Waals surface area contributed by atoms with Crippen molar-refractivity contribution in [1.29, 1.82) is 0 Å². The van der Waals surface area contributed by atoms with Crippen LogP contribution in [0.15, 0.2) is 134 Å². The standard InChI is InChI=1S/C48H50N4O7/c53-26-25-50-46(56)40-27-34-13-18-42(19-14-34)59-32-41(54)30-39(28-36-21-23-49-24-22-36)47(57)52-44(29-35-11-16-38(17-12-35)37-9-5-2-6-10-37)48(58)51-43(45(55)31-40)20-15-33-7-3-1-4-8-33/h1-14,16-19,21-24,39-40,43-44,53H,15,20,25-32H2,(H,50,56)(H,51,58)(H,52,57)/t39-,40-,43+,44-/m1/s1. The van der Waals surface area contributed by atoms with Crippen LogP contribution in [-0.2, 0) is 49.7 Å². The van der Waals surface area contributed by atoms with Crippen LogP contribution in [0.25, 0.3) is 11.1 Å². The number of aliphatic hydroxyl groups is 1. The van der Waals surface area contributed by atoms with Crippen LogP contribution in [0.3, 0.4) is 0 Å². The van der Waals surface area contributed by atoms with Gasteiger partial charge >= 0.3 is 0 Å². The Morgan fingerprint density at radius 1 is 0.678 bits per heavy atom. The van der Waals surface area contributed by atoms with E-state index in [0.29, 0.717) is 12.2 Å². The number of pyridine rings is 1. The van der Waals surface area contributed by atoms with Crippen molar-refractivity contribution in [3.63, 3.8) is 0 Å². The van der Waals surface area contributed by atoms with Gasteiger partial charge in [0.05, 0.1) is 12.6 Å². The summed E-state index contributed by atoms with van der Waals surface area (Å²) in [6.07, 6.45) is 4.15. The zero-order valence-corrected chi connectivity index (χ0v) is 32.9. The second-order valence-corrected chi connectivity index (χ2v) is 14.9. The Kier molecular flexibility index (Phi) is 15.2. The highest BCUT2D eigenvalue weighted by Crippen LogP contribution is 2.23. The molecule has 0 radical (unpaired) electrons. The van der Waals surface area contributed by atoms with Crippen molar-refractivity contribution in [3.8, 4) is 16.9 Å². The first kappa shape index (κ1) is 42.2. The van der Waals surface area contributed by atoms with E-state index >= 15 is 0 Å². The quantitative estimate of drug-likeness (QED) is 0.145. The SMILES string of the molecule is O=C1COc2ccc(cc2)C[C@@H](C(=O)NCCO)CC(=O)[C@H](CCc2ccccc2)NC(=O)[C@@H](Cc2ccc(-c3ccccc3)cc2)NC(=O)[C@H](Cc2ccncc2)C1. The van der Waals surface area contributed by atoms with Gasteiger partial charge in [-0.1, -0.05) is 97.1 Å². The second kappa shape index (κ2) is 21.3. The van der Waals surface area contributed by atoms with Crippen LogP contribution >= 0.6 is 0 Å². The van der Waals surface area contributed by atoms with Crippen LogP contribution in [0, 0.1) is 11.8 Å². The van der Waals surface area contributed by atoms with Gasteiger partial charge in [-0.3, -0.25) is 29.0 Å². The van der Waals surface area contributed by atoms with E-state index in [1.165, 1.54) is 0 Å². The summed E-state index contributed by atoms with van der Waals surface area (Å²) in [5, 5.41) is 18.1. The molecule has 0 unspecified atom stereocenters. The third-order valence-electron chi connectivity index (χ3n) is 10.5. The molecular weight excluding hydrogens is 745 g/mol. The first-order chi connectivity index (χ1) is 28.7. The van der Waals surface area contributed by atoms with Crippen LogP contribution in [0.5, 0.6) is 5.75 Å². The van der Waals surface area contributed by atoms with Crippen molar-refractivity contribution >= 4 is 29.3 Å². The molecular formula is C48H50N4O7. The molecule has 2 bridgehead atoms. The summed E-state index contributed by atoms with van der Waals surface area (Å²) < 4.78 is 5.83. The van der Waals surface area contributed by atoms with Crippen LogP contribution in [0.4, 0.5) is 0 Å². The fourth-order valence-electron chi connectivity index (χ4n) is 7.27. The summed E-state index contributed by atoms with van der Waals surface area (Å²) in [5.74, 6) is -3.32. The average Bonchev–Trinajstić information content (AvgIpc) is 3.26. The Bertz CT molecular complexity index is 2150. The molecule has 2 aliphatic heterocycles. The summed E-state index contributed by atoms with van der Waals surface area (Å²) >= 11 is 0. The zero-order valence-electron chi connectivity index (χ0n) is 32.9. The van der Waals surface area contributed by atoms with Crippen LogP contribution in [-0.4, -0.2) is 71.2 Å². The molecule has 5 aromatic rings. The van der Waals surface area contributed by atoms with Crippen molar-refractivity contribution in [2.45, 2.75) is 57.0 Å². The number of carbonyl (C=O) groups excluding carboxylic acids is 5. The van der Waals surface area contributed by atoms with E-state index in [0.717, 1.165) is 33.4 Å². The molecule has 0 aliphatic carbocycles. The fourth-order valence-corrected chi connectivity index (χ4v) is 7.27. The molecule has 4 aromatic carbocycles. The average molecular weight is 795 g/mol. The second-order valence-electron chi connectivity index (χ2n) is 14.9. The van der Waals surface area contributed by atoms with Gasteiger partial charge in [0.1, 0.15) is 18.4 Å². The fraction of sp³-hybridized carbons (Fsp3) is 0.292. The van der Waals surface area contributed by atoms with Crippen LogP contribution in [0.1, 0.15) is 41.5 Å². The number of Topliss-reactive ketones (excluding diaryl/α,β-unsaturated/α-hetero) is 2. The van der Waals surface area contributed by atoms with E-state index in [1.54, 1.807) is 48.8 Å². The van der Waals surface area contributed by atoms with Gasteiger partial charge in [0.25, 0.3) is 0 Å². The maximum absolute atomic E-state index is 14.5.